The number of hydrogen-bond donors (Lipinski definition) is 0. The van der Waals surface area contributed by atoms with Crippen molar-refractivity contribution in [2.45, 2.75) is 5.41 Å². The molecule has 310 valence electrons. The largest absolute Gasteiger partial charge is 0.309 e. The first kappa shape index (κ1) is 39.1. The minimum atomic E-state index is -0.543. The van der Waals surface area contributed by atoms with Crippen molar-refractivity contribution in [3.8, 4) is 55.6 Å². The average molecular weight is 840 g/mol. The highest BCUT2D eigenvalue weighted by atomic mass is 15.1. The lowest BCUT2D eigenvalue weighted by molar-refractivity contribution is 0.768. The molecule has 0 N–H and O–H groups in total. The maximum Gasteiger partial charge on any atom is 0.0714 e. The van der Waals surface area contributed by atoms with Gasteiger partial charge in [0.05, 0.1) is 16.8 Å². The maximum atomic E-state index is 2.53. The lowest BCUT2D eigenvalue weighted by Crippen LogP contribution is -2.28. The van der Waals surface area contributed by atoms with Crippen LogP contribution in [0.3, 0.4) is 0 Å². The molecule has 0 fully saturated rings. The molecule has 0 bridgehead atoms. The Morgan fingerprint density at radius 3 is 1.41 bits per heavy atom. The van der Waals surface area contributed by atoms with Crippen molar-refractivity contribution in [1.29, 1.82) is 0 Å². The normalized spacial score (nSPS) is 12.4. The number of anilines is 3. The minimum absolute atomic E-state index is 0.543. The van der Waals surface area contributed by atoms with Crippen LogP contribution >= 0.6 is 0 Å². The van der Waals surface area contributed by atoms with E-state index >= 15 is 0 Å². The Kier molecular flexibility index (Phi) is 9.81. The van der Waals surface area contributed by atoms with Crippen LogP contribution in [-0.4, -0.2) is 0 Å². The highest BCUT2D eigenvalue weighted by Gasteiger charge is 2.47. The zero-order valence-corrected chi connectivity index (χ0v) is 36.4. The smallest absolute Gasteiger partial charge is 0.0714 e. The fourth-order valence-electron chi connectivity index (χ4n) is 10.6. The third-order valence-corrected chi connectivity index (χ3v) is 13.6. The Morgan fingerprint density at radius 2 is 0.742 bits per heavy atom. The van der Waals surface area contributed by atoms with Crippen molar-refractivity contribution in [3.05, 3.63) is 295 Å². The monoisotopic (exact) mass is 839 g/mol. The van der Waals surface area contributed by atoms with Crippen molar-refractivity contribution >= 4 is 27.8 Å². The molecule has 66 heavy (non-hydrogen) atoms. The summed E-state index contributed by atoms with van der Waals surface area (Å²) in [5.74, 6) is 0. The minimum Gasteiger partial charge on any atom is -0.309 e. The van der Waals surface area contributed by atoms with E-state index in [2.05, 4.69) is 278 Å². The van der Waals surface area contributed by atoms with Gasteiger partial charge in [-0.2, -0.15) is 0 Å². The van der Waals surface area contributed by atoms with Gasteiger partial charge >= 0.3 is 0 Å². The van der Waals surface area contributed by atoms with Crippen LogP contribution in [0.4, 0.5) is 17.1 Å². The summed E-state index contributed by atoms with van der Waals surface area (Å²) in [5, 5.41) is 2.46. The summed E-state index contributed by atoms with van der Waals surface area (Å²) in [6.07, 6.45) is 0. The molecule has 1 aliphatic rings. The molecule has 0 unspecified atom stereocenters. The van der Waals surface area contributed by atoms with Crippen LogP contribution in [0.2, 0.25) is 0 Å². The second-order valence-electron chi connectivity index (χ2n) is 17.2. The molecule has 0 radical (unpaired) electrons. The van der Waals surface area contributed by atoms with Crippen LogP contribution in [0.1, 0.15) is 22.3 Å². The number of hydrogen-bond acceptors (Lipinski definition) is 1. The van der Waals surface area contributed by atoms with Gasteiger partial charge in [0.1, 0.15) is 0 Å². The summed E-state index contributed by atoms with van der Waals surface area (Å²) >= 11 is 0. The molecule has 0 heterocycles. The number of benzene rings is 11. The Balaban J connectivity index is 1.12. The Labute approximate surface area is 387 Å². The van der Waals surface area contributed by atoms with Gasteiger partial charge in [0.25, 0.3) is 0 Å². The van der Waals surface area contributed by atoms with Crippen molar-refractivity contribution in [3.63, 3.8) is 0 Å². The molecular weight excluding hydrogens is 795 g/mol. The first-order valence-electron chi connectivity index (χ1n) is 22.8. The van der Waals surface area contributed by atoms with Gasteiger partial charge in [-0.3, -0.25) is 0 Å². The molecule has 11 aromatic carbocycles. The molecule has 0 saturated carbocycles. The molecule has 0 amide bonds. The van der Waals surface area contributed by atoms with Crippen LogP contribution in [0.5, 0.6) is 0 Å². The van der Waals surface area contributed by atoms with E-state index in [0.29, 0.717) is 0 Å². The summed E-state index contributed by atoms with van der Waals surface area (Å²) in [7, 11) is 0. The highest BCUT2D eigenvalue weighted by Crippen LogP contribution is 2.60. The molecular formula is C65H45N. The number of rotatable bonds is 9. The van der Waals surface area contributed by atoms with Crippen molar-refractivity contribution in [2.24, 2.45) is 0 Å². The Morgan fingerprint density at radius 1 is 0.273 bits per heavy atom. The van der Waals surface area contributed by atoms with Gasteiger partial charge in [-0.25, -0.2) is 0 Å². The second kappa shape index (κ2) is 16.6. The van der Waals surface area contributed by atoms with Crippen molar-refractivity contribution in [2.75, 3.05) is 4.90 Å². The van der Waals surface area contributed by atoms with Crippen LogP contribution in [-0.2, 0) is 5.41 Å². The standard InChI is InChI=1S/C65H45N/c1-5-19-46(20-6-1)47-35-37-48(38-36-47)49-39-42-55(43-40-49)66(63-45-52(41-44-58(63)51-21-7-2-8-22-51)57-31-17-24-50-23-13-14-29-56(50)57)62-34-18-33-61-64(62)59-30-15-16-32-60(59)65(61,53-25-9-3-10-26-53)54-27-11-4-12-28-54/h1-45H. The van der Waals surface area contributed by atoms with Gasteiger partial charge < -0.3 is 4.90 Å². The van der Waals surface area contributed by atoms with Gasteiger partial charge in [-0.15, -0.1) is 0 Å². The van der Waals surface area contributed by atoms with E-state index in [9.17, 15) is 0 Å². The van der Waals surface area contributed by atoms with E-state index in [1.807, 2.05) is 0 Å². The van der Waals surface area contributed by atoms with Crippen LogP contribution in [0.15, 0.2) is 273 Å². The predicted octanol–water partition coefficient (Wildman–Crippen LogP) is 17.3. The molecule has 0 aliphatic heterocycles. The molecule has 0 saturated heterocycles. The zero-order chi connectivity index (χ0) is 43.9. The molecule has 11 aromatic rings. The number of fused-ring (bicyclic) bond motifs is 4. The maximum absolute atomic E-state index is 2.53. The Hall–Kier alpha value is -8.52. The number of nitrogens with zero attached hydrogens (tertiary/aromatic N) is 1. The Bertz CT molecular complexity index is 3440. The summed E-state index contributed by atoms with van der Waals surface area (Å²) in [6.45, 7) is 0. The van der Waals surface area contributed by atoms with Gasteiger partial charge in [0, 0.05) is 16.8 Å². The average Bonchev–Trinajstić information content (AvgIpc) is 3.71. The fourth-order valence-corrected chi connectivity index (χ4v) is 10.6. The van der Waals surface area contributed by atoms with Crippen molar-refractivity contribution < 1.29 is 0 Å². The van der Waals surface area contributed by atoms with Crippen LogP contribution in [0.25, 0.3) is 66.4 Å². The van der Waals surface area contributed by atoms with Gasteiger partial charge in [0.2, 0.25) is 0 Å². The summed E-state index contributed by atoms with van der Waals surface area (Å²) in [5.41, 5.74) is 19.7. The zero-order valence-electron chi connectivity index (χ0n) is 36.4. The van der Waals surface area contributed by atoms with Gasteiger partial charge in [-0.1, -0.05) is 249 Å². The third kappa shape index (κ3) is 6.56. The lowest BCUT2D eigenvalue weighted by atomic mass is 9.68. The summed E-state index contributed by atoms with van der Waals surface area (Å²) < 4.78 is 0. The molecule has 0 spiro atoms. The predicted molar refractivity (Wildman–Crippen MR) is 278 cm³/mol. The summed E-state index contributed by atoms with van der Waals surface area (Å²) in [4.78, 5) is 2.53. The second-order valence-corrected chi connectivity index (χ2v) is 17.2. The third-order valence-electron chi connectivity index (χ3n) is 13.6. The molecule has 0 aromatic heterocycles. The van der Waals surface area contributed by atoms with E-state index in [0.717, 1.165) is 33.8 Å². The molecule has 1 aliphatic carbocycles. The first-order valence-corrected chi connectivity index (χ1v) is 22.8. The SMILES string of the molecule is c1ccc(-c2ccc(-c3ccc(N(c4cc(-c5cccc6ccccc56)ccc4-c4ccccc4)c4cccc5c4-c4ccccc4C5(c4ccccc4)c4ccccc4)cc3)cc2)cc1. The molecule has 1 heteroatoms. The molecule has 12 rings (SSSR count). The van der Waals surface area contributed by atoms with Gasteiger partial charge in [-0.05, 0) is 102 Å². The molecule has 0 atom stereocenters. The topological polar surface area (TPSA) is 3.24 Å². The highest BCUT2D eigenvalue weighted by molar-refractivity contribution is 6.02. The lowest BCUT2D eigenvalue weighted by Gasteiger charge is -2.34. The van der Waals surface area contributed by atoms with Crippen LogP contribution < -0.4 is 4.90 Å². The van der Waals surface area contributed by atoms with E-state index in [1.54, 1.807) is 0 Å². The van der Waals surface area contributed by atoms with E-state index in [-0.39, 0.29) is 0 Å². The van der Waals surface area contributed by atoms with Crippen molar-refractivity contribution in [1.82, 2.24) is 0 Å². The van der Waals surface area contributed by atoms with E-state index in [4.69, 9.17) is 0 Å². The van der Waals surface area contributed by atoms with Gasteiger partial charge in [0.15, 0.2) is 0 Å². The van der Waals surface area contributed by atoms with E-state index in [1.165, 1.54) is 72.0 Å². The first-order chi connectivity index (χ1) is 32.8. The summed E-state index contributed by atoms with van der Waals surface area (Å²) in [6, 6.07) is 100. The van der Waals surface area contributed by atoms with E-state index < -0.39 is 5.41 Å². The molecule has 1 nitrogen and oxygen atoms in total. The van der Waals surface area contributed by atoms with Crippen LogP contribution in [0, 0.1) is 0 Å². The quantitative estimate of drug-likeness (QED) is 0.140. The fraction of sp³-hybridized carbons (Fsp3) is 0.0154.